The van der Waals surface area contributed by atoms with E-state index < -0.39 is 17.9 Å². The third-order valence-electron chi connectivity index (χ3n) is 1.28. The molecule has 0 fully saturated rings. The van der Waals surface area contributed by atoms with Crippen LogP contribution in [-0.4, -0.2) is 16.5 Å². The van der Waals surface area contributed by atoms with Crippen molar-refractivity contribution in [2.75, 3.05) is 0 Å². The molecule has 1 rings (SSSR count). The molecule has 1 aromatic heterocycles. The lowest BCUT2D eigenvalue weighted by Crippen LogP contribution is -2.17. The van der Waals surface area contributed by atoms with E-state index in [2.05, 4.69) is 9.72 Å². The van der Waals surface area contributed by atoms with Crippen molar-refractivity contribution >= 4 is 11.6 Å². The van der Waals surface area contributed by atoms with E-state index in [-0.39, 0.29) is 11.6 Å². The molecule has 0 bridgehead atoms. The zero-order valence-electron chi connectivity index (χ0n) is 6.68. The Bertz CT molecular complexity index is 329. The summed E-state index contributed by atoms with van der Waals surface area (Å²) in [6.45, 7) is 0. The summed E-state index contributed by atoms with van der Waals surface area (Å²) in [6.07, 6.45) is -3.96. The van der Waals surface area contributed by atoms with Crippen LogP contribution in [-0.2, 0) is 5.88 Å². The molecular formula is C7H5ClF3NO2. The van der Waals surface area contributed by atoms with Gasteiger partial charge in [0, 0.05) is 6.07 Å². The summed E-state index contributed by atoms with van der Waals surface area (Å²) < 4.78 is 38.6. The molecule has 0 amide bonds. The predicted molar refractivity (Wildman–Crippen MR) is 42.1 cm³/mol. The lowest BCUT2D eigenvalue weighted by molar-refractivity contribution is -0.274. The Morgan fingerprint density at radius 3 is 2.57 bits per heavy atom. The number of pyridine rings is 1. The highest BCUT2D eigenvalue weighted by molar-refractivity contribution is 6.17. The Kier molecular flexibility index (Phi) is 3.05. The molecule has 0 unspecified atom stereocenters. The fourth-order valence-corrected chi connectivity index (χ4v) is 0.961. The smallest absolute Gasteiger partial charge is 0.506 e. The highest BCUT2D eigenvalue weighted by Gasteiger charge is 2.31. The number of hydrogen-bond donors (Lipinski definition) is 1. The van der Waals surface area contributed by atoms with Crippen LogP contribution in [0.5, 0.6) is 11.5 Å². The number of ether oxygens (including phenoxy) is 1. The minimum absolute atomic E-state index is 0.0852. The number of aromatic nitrogens is 1. The van der Waals surface area contributed by atoms with E-state index in [9.17, 15) is 13.2 Å². The number of nitrogens with zero attached hydrogens (tertiary/aromatic N) is 1. The van der Waals surface area contributed by atoms with Crippen LogP contribution in [0.2, 0.25) is 0 Å². The zero-order valence-corrected chi connectivity index (χ0v) is 7.43. The Morgan fingerprint density at radius 2 is 2.14 bits per heavy atom. The maximum Gasteiger partial charge on any atom is 0.573 e. The van der Waals surface area contributed by atoms with Crippen LogP contribution in [0.15, 0.2) is 12.3 Å². The van der Waals surface area contributed by atoms with Gasteiger partial charge in [-0.25, -0.2) is 0 Å². The van der Waals surface area contributed by atoms with Gasteiger partial charge in [-0.2, -0.15) is 0 Å². The highest BCUT2D eigenvalue weighted by Crippen LogP contribution is 2.27. The van der Waals surface area contributed by atoms with Crippen molar-refractivity contribution in [1.29, 1.82) is 0 Å². The van der Waals surface area contributed by atoms with Crippen LogP contribution < -0.4 is 4.74 Å². The average molecular weight is 228 g/mol. The molecule has 7 heteroatoms. The summed E-state index contributed by atoms with van der Waals surface area (Å²) in [5, 5.41) is 9.09. The predicted octanol–water partition coefficient (Wildman–Crippen LogP) is 2.42. The summed E-state index contributed by atoms with van der Waals surface area (Å²) in [7, 11) is 0. The van der Waals surface area contributed by atoms with E-state index in [4.69, 9.17) is 16.7 Å². The van der Waals surface area contributed by atoms with Crippen molar-refractivity contribution in [3.63, 3.8) is 0 Å². The van der Waals surface area contributed by atoms with E-state index in [0.29, 0.717) is 0 Å². The molecule has 0 aromatic carbocycles. The second-order valence-electron chi connectivity index (χ2n) is 2.32. The van der Waals surface area contributed by atoms with Gasteiger partial charge < -0.3 is 9.84 Å². The van der Waals surface area contributed by atoms with Crippen LogP contribution >= 0.6 is 11.6 Å². The normalized spacial score (nSPS) is 11.4. The SMILES string of the molecule is Oc1cc(OC(F)(F)F)cnc1CCl. The summed E-state index contributed by atoms with van der Waals surface area (Å²) >= 11 is 5.33. The Morgan fingerprint density at radius 1 is 1.50 bits per heavy atom. The first-order valence-electron chi connectivity index (χ1n) is 3.42. The molecule has 1 heterocycles. The van der Waals surface area contributed by atoms with Gasteiger partial charge in [0.15, 0.2) is 5.75 Å². The lowest BCUT2D eigenvalue weighted by atomic mass is 10.3. The third-order valence-corrected chi connectivity index (χ3v) is 1.54. The molecule has 78 valence electrons. The van der Waals surface area contributed by atoms with Crippen LogP contribution in [0.1, 0.15) is 5.69 Å². The van der Waals surface area contributed by atoms with Gasteiger partial charge in [0.25, 0.3) is 0 Å². The van der Waals surface area contributed by atoms with Crippen molar-refractivity contribution in [3.05, 3.63) is 18.0 Å². The molecule has 0 saturated heterocycles. The van der Waals surface area contributed by atoms with E-state index in [1.165, 1.54) is 0 Å². The summed E-state index contributed by atoms with van der Waals surface area (Å²) in [5.41, 5.74) is 0.0983. The number of alkyl halides is 4. The quantitative estimate of drug-likeness (QED) is 0.789. The summed E-state index contributed by atoms with van der Waals surface area (Å²) in [5.74, 6) is -1.09. The highest BCUT2D eigenvalue weighted by atomic mass is 35.5. The van der Waals surface area contributed by atoms with E-state index >= 15 is 0 Å². The fraction of sp³-hybridized carbons (Fsp3) is 0.286. The first-order chi connectivity index (χ1) is 6.42. The largest absolute Gasteiger partial charge is 0.573 e. The maximum atomic E-state index is 11.7. The summed E-state index contributed by atoms with van der Waals surface area (Å²) in [4.78, 5) is 3.47. The van der Waals surface area contributed by atoms with Gasteiger partial charge in [-0.05, 0) is 0 Å². The molecule has 1 aromatic rings. The van der Waals surface area contributed by atoms with Crippen molar-refractivity contribution in [1.82, 2.24) is 4.98 Å². The van der Waals surface area contributed by atoms with Gasteiger partial charge in [-0.1, -0.05) is 0 Å². The third kappa shape index (κ3) is 2.95. The van der Waals surface area contributed by atoms with E-state index in [1.54, 1.807) is 0 Å². The van der Waals surface area contributed by atoms with Gasteiger partial charge in [0.1, 0.15) is 5.75 Å². The molecular weight excluding hydrogens is 223 g/mol. The Hall–Kier alpha value is -1.17. The van der Waals surface area contributed by atoms with Crippen molar-refractivity contribution in [2.45, 2.75) is 12.2 Å². The first-order valence-corrected chi connectivity index (χ1v) is 3.95. The molecule has 0 atom stereocenters. The molecule has 0 radical (unpaired) electrons. The summed E-state index contributed by atoms with van der Waals surface area (Å²) in [6, 6.07) is 0.804. The maximum absolute atomic E-state index is 11.7. The molecule has 0 aliphatic heterocycles. The minimum atomic E-state index is -4.80. The van der Waals surface area contributed by atoms with Crippen LogP contribution in [0.4, 0.5) is 13.2 Å². The van der Waals surface area contributed by atoms with E-state index in [0.717, 1.165) is 12.3 Å². The van der Waals surface area contributed by atoms with Crippen molar-refractivity contribution < 1.29 is 23.0 Å². The molecule has 0 spiro atoms. The average Bonchev–Trinajstić information content (AvgIpc) is 2.01. The van der Waals surface area contributed by atoms with Gasteiger partial charge in [-0.15, -0.1) is 24.8 Å². The minimum Gasteiger partial charge on any atom is -0.506 e. The van der Waals surface area contributed by atoms with Gasteiger partial charge in [-0.3, -0.25) is 4.98 Å². The number of rotatable bonds is 2. The van der Waals surface area contributed by atoms with Crippen LogP contribution in [0.3, 0.4) is 0 Å². The monoisotopic (exact) mass is 227 g/mol. The van der Waals surface area contributed by atoms with Crippen molar-refractivity contribution in [3.8, 4) is 11.5 Å². The van der Waals surface area contributed by atoms with Crippen molar-refractivity contribution in [2.24, 2.45) is 0 Å². The molecule has 0 aliphatic carbocycles. The molecule has 1 N–H and O–H groups in total. The number of hydrogen-bond acceptors (Lipinski definition) is 3. The zero-order chi connectivity index (χ0) is 10.8. The topological polar surface area (TPSA) is 42.4 Å². The van der Waals surface area contributed by atoms with Crippen LogP contribution in [0.25, 0.3) is 0 Å². The number of halogens is 4. The standard InChI is InChI=1S/C7H5ClF3NO2/c8-2-5-6(13)1-4(3-12-5)14-7(9,10)11/h1,3,13H,2H2. The lowest BCUT2D eigenvalue weighted by Gasteiger charge is -2.09. The Balaban J connectivity index is 2.87. The van der Waals surface area contributed by atoms with Crippen LogP contribution in [0, 0.1) is 0 Å². The van der Waals surface area contributed by atoms with Gasteiger partial charge in [0.2, 0.25) is 0 Å². The molecule has 0 saturated carbocycles. The first kappa shape index (κ1) is 10.9. The van der Waals surface area contributed by atoms with Gasteiger partial charge >= 0.3 is 6.36 Å². The number of aromatic hydroxyl groups is 1. The fourth-order valence-electron chi connectivity index (χ4n) is 0.755. The Labute approximate surface area is 82.1 Å². The second kappa shape index (κ2) is 3.91. The van der Waals surface area contributed by atoms with Gasteiger partial charge in [0.05, 0.1) is 17.8 Å². The van der Waals surface area contributed by atoms with E-state index in [1.807, 2.05) is 0 Å². The molecule has 14 heavy (non-hydrogen) atoms. The second-order valence-corrected chi connectivity index (χ2v) is 2.59. The molecule has 0 aliphatic rings. The molecule has 3 nitrogen and oxygen atoms in total.